The molecule has 0 saturated heterocycles. The molecule has 3 heteroatoms. The fourth-order valence-corrected chi connectivity index (χ4v) is 1.23. The van der Waals surface area contributed by atoms with Crippen LogP contribution in [-0.4, -0.2) is 24.7 Å². The summed E-state index contributed by atoms with van der Waals surface area (Å²) in [5, 5.41) is 11.8. The SMILES string of the molecule is CNCC#Cc1c(C)cccc1C(=O)O. The molecule has 1 aromatic carbocycles. The zero-order chi connectivity index (χ0) is 11.3. The Kier molecular flexibility index (Phi) is 3.90. The minimum absolute atomic E-state index is 0.263. The molecule has 0 spiro atoms. The highest BCUT2D eigenvalue weighted by Crippen LogP contribution is 2.12. The van der Waals surface area contributed by atoms with Crippen LogP contribution in [0.5, 0.6) is 0 Å². The molecule has 3 nitrogen and oxygen atoms in total. The van der Waals surface area contributed by atoms with Gasteiger partial charge in [0.1, 0.15) is 0 Å². The minimum atomic E-state index is -0.938. The van der Waals surface area contributed by atoms with E-state index in [9.17, 15) is 4.79 Å². The first-order valence-corrected chi connectivity index (χ1v) is 4.63. The van der Waals surface area contributed by atoms with Gasteiger partial charge in [0.2, 0.25) is 0 Å². The molecular formula is C12H13NO2. The standard InChI is InChI=1S/C12H13NO2/c1-9-5-3-6-11(12(14)15)10(9)7-4-8-13-2/h3,5-6,13H,8H2,1-2H3,(H,14,15). The molecule has 0 bridgehead atoms. The fourth-order valence-electron chi connectivity index (χ4n) is 1.23. The molecule has 15 heavy (non-hydrogen) atoms. The summed E-state index contributed by atoms with van der Waals surface area (Å²) in [5.41, 5.74) is 1.75. The molecule has 0 amide bonds. The molecule has 0 fully saturated rings. The Morgan fingerprint density at radius 2 is 2.27 bits per heavy atom. The van der Waals surface area contributed by atoms with Gasteiger partial charge >= 0.3 is 5.97 Å². The van der Waals surface area contributed by atoms with Crippen molar-refractivity contribution >= 4 is 5.97 Å². The van der Waals surface area contributed by atoms with Crippen LogP contribution in [0.1, 0.15) is 21.5 Å². The maximum atomic E-state index is 10.9. The number of benzene rings is 1. The molecule has 1 aromatic rings. The molecule has 0 radical (unpaired) electrons. The molecule has 0 aromatic heterocycles. The van der Waals surface area contributed by atoms with Crippen molar-refractivity contribution in [1.82, 2.24) is 5.32 Å². The second kappa shape index (κ2) is 5.18. The van der Waals surface area contributed by atoms with Gasteiger partial charge in [0.25, 0.3) is 0 Å². The maximum Gasteiger partial charge on any atom is 0.336 e. The van der Waals surface area contributed by atoms with Crippen molar-refractivity contribution in [3.05, 3.63) is 34.9 Å². The van der Waals surface area contributed by atoms with Gasteiger partial charge in [-0.05, 0) is 25.6 Å². The lowest BCUT2D eigenvalue weighted by molar-refractivity contribution is 0.0696. The largest absolute Gasteiger partial charge is 0.478 e. The molecule has 1 rings (SSSR count). The van der Waals surface area contributed by atoms with Gasteiger partial charge in [0, 0.05) is 5.56 Å². The number of carbonyl (C=O) groups is 1. The third-order valence-corrected chi connectivity index (χ3v) is 1.98. The monoisotopic (exact) mass is 203 g/mol. The summed E-state index contributed by atoms with van der Waals surface area (Å²) in [4.78, 5) is 10.9. The van der Waals surface area contributed by atoms with Crippen LogP contribution in [0.4, 0.5) is 0 Å². The average Bonchev–Trinajstić information content (AvgIpc) is 2.20. The van der Waals surface area contributed by atoms with Gasteiger partial charge in [-0.25, -0.2) is 4.79 Å². The fraction of sp³-hybridized carbons (Fsp3) is 0.250. The summed E-state index contributed by atoms with van der Waals surface area (Å²) < 4.78 is 0. The quantitative estimate of drug-likeness (QED) is 0.711. The normalized spacial score (nSPS) is 9.20. The van der Waals surface area contributed by atoms with Gasteiger partial charge in [0.15, 0.2) is 0 Å². The Morgan fingerprint density at radius 3 is 2.87 bits per heavy atom. The highest BCUT2D eigenvalue weighted by atomic mass is 16.4. The van der Waals surface area contributed by atoms with E-state index in [-0.39, 0.29) is 5.56 Å². The third-order valence-electron chi connectivity index (χ3n) is 1.98. The zero-order valence-electron chi connectivity index (χ0n) is 8.79. The van der Waals surface area contributed by atoms with Gasteiger partial charge in [-0.1, -0.05) is 24.0 Å². The number of carboxylic acids is 1. The number of aromatic carboxylic acids is 1. The van der Waals surface area contributed by atoms with Crippen LogP contribution in [-0.2, 0) is 0 Å². The predicted octanol–water partition coefficient (Wildman–Crippen LogP) is 1.26. The molecule has 0 unspecified atom stereocenters. The Hall–Kier alpha value is -1.79. The van der Waals surface area contributed by atoms with Gasteiger partial charge in [-0.2, -0.15) is 0 Å². The van der Waals surface area contributed by atoms with Gasteiger partial charge in [-0.15, -0.1) is 0 Å². The maximum absolute atomic E-state index is 10.9. The molecule has 0 aliphatic carbocycles. The van der Waals surface area contributed by atoms with E-state index in [0.29, 0.717) is 12.1 Å². The Morgan fingerprint density at radius 1 is 1.53 bits per heavy atom. The molecule has 0 atom stereocenters. The number of hydrogen-bond donors (Lipinski definition) is 2. The smallest absolute Gasteiger partial charge is 0.336 e. The summed E-state index contributed by atoms with van der Waals surface area (Å²) >= 11 is 0. The van der Waals surface area contributed by atoms with Crippen molar-refractivity contribution in [2.24, 2.45) is 0 Å². The first-order chi connectivity index (χ1) is 7.16. The molecular weight excluding hydrogens is 190 g/mol. The molecule has 0 saturated carbocycles. The topological polar surface area (TPSA) is 49.3 Å². The zero-order valence-corrected chi connectivity index (χ0v) is 8.79. The van der Waals surface area contributed by atoms with E-state index in [0.717, 1.165) is 5.56 Å². The lowest BCUT2D eigenvalue weighted by atomic mass is 10.0. The summed E-state index contributed by atoms with van der Waals surface area (Å²) in [6, 6.07) is 5.15. The van der Waals surface area contributed by atoms with Crippen LogP contribution < -0.4 is 5.32 Å². The van der Waals surface area contributed by atoms with Crippen molar-refractivity contribution in [3.63, 3.8) is 0 Å². The van der Waals surface area contributed by atoms with Crippen LogP contribution in [0.2, 0.25) is 0 Å². The van der Waals surface area contributed by atoms with E-state index < -0.39 is 5.97 Å². The second-order valence-corrected chi connectivity index (χ2v) is 3.13. The number of hydrogen-bond acceptors (Lipinski definition) is 2. The van der Waals surface area contributed by atoms with Crippen molar-refractivity contribution in [2.75, 3.05) is 13.6 Å². The highest BCUT2D eigenvalue weighted by molar-refractivity contribution is 5.91. The van der Waals surface area contributed by atoms with E-state index >= 15 is 0 Å². The second-order valence-electron chi connectivity index (χ2n) is 3.13. The van der Waals surface area contributed by atoms with Crippen molar-refractivity contribution in [3.8, 4) is 11.8 Å². The first kappa shape index (κ1) is 11.3. The Labute approximate surface area is 89.1 Å². The summed E-state index contributed by atoms with van der Waals surface area (Å²) in [6.07, 6.45) is 0. The molecule has 0 heterocycles. The third kappa shape index (κ3) is 2.83. The summed E-state index contributed by atoms with van der Waals surface area (Å²) in [7, 11) is 1.80. The van der Waals surface area contributed by atoms with E-state index in [1.54, 1.807) is 19.2 Å². The summed E-state index contributed by atoms with van der Waals surface area (Å²) in [6.45, 7) is 2.41. The summed E-state index contributed by atoms with van der Waals surface area (Å²) in [5.74, 6) is 4.80. The van der Waals surface area contributed by atoms with Crippen LogP contribution in [0.3, 0.4) is 0 Å². The van der Waals surface area contributed by atoms with Gasteiger partial charge in [0.05, 0.1) is 12.1 Å². The van der Waals surface area contributed by atoms with Crippen molar-refractivity contribution in [2.45, 2.75) is 6.92 Å². The van der Waals surface area contributed by atoms with Crippen molar-refractivity contribution < 1.29 is 9.90 Å². The number of carboxylic acid groups (broad SMARTS) is 1. The van der Waals surface area contributed by atoms with Gasteiger partial charge < -0.3 is 10.4 Å². The first-order valence-electron chi connectivity index (χ1n) is 4.63. The van der Waals surface area contributed by atoms with Gasteiger partial charge in [-0.3, -0.25) is 0 Å². The van der Waals surface area contributed by atoms with Crippen molar-refractivity contribution in [1.29, 1.82) is 0 Å². The van der Waals surface area contributed by atoms with E-state index in [2.05, 4.69) is 17.2 Å². The van der Waals surface area contributed by atoms with Crippen LogP contribution in [0.15, 0.2) is 18.2 Å². The minimum Gasteiger partial charge on any atom is -0.478 e. The predicted molar refractivity (Wildman–Crippen MR) is 58.9 cm³/mol. The highest BCUT2D eigenvalue weighted by Gasteiger charge is 2.09. The van der Waals surface area contributed by atoms with Crippen LogP contribution in [0.25, 0.3) is 0 Å². The average molecular weight is 203 g/mol. The number of rotatable bonds is 2. The molecule has 78 valence electrons. The Bertz CT molecular complexity index is 427. The van der Waals surface area contributed by atoms with E-state index in [4.69, 9.17) is 5.11 Å². The van der Waals surface area contributed by atoms with Crippen LogP contribution in [0, 0.1) is 18.8 Å². The number of aryl methyl sites for hydroxylation is 1. The number of nitrogens with one attached hydrogen (secondary N) is 1. The molecule has 0 aliphatic heterocycles. The molecule has 2 N–H and O–H groups in total. The lowest BCUT2D eigenvalue weighted by Crippen LogP contribution is -2.05. The lowest BCUT2D eigenvalue weighted by Gasteiger charge is -2.02. The Balaban J connectivity index is 3.15. The van der Waals surface area contributed by atoms with E-state index in [1.807, 2.05) is 13.0 Å². The van der Waals surface area contributed by atoms with Crippen LogP contribution >= 0.6 is 0 Å². The van der Waals surface area contributed by atoms with E-state index in [1.165, 1.54) is 0 Å². The molecule has 0 aliphatic rings.